The molecule has 0 aliphatic carbocycles. The fourth-order valence-corrected chi connectivity index (χ4v) is 3.82. The van der Waals surface area contributed by atoms with E-state index in [0.29, 0.717) is 23.9 Å². The zero-order chi connectivity index (χ0) is 19.3. The standard InChI is InChI=1S/C19H20ClN3O3S/c1-2-26-15-4-6-16(7-5-15)27(24,25)23-12-11-22-18-9-10-21-19-13-14(20)3-8-17(18)19/h3-10,13,23H,2,11-12H2,1H3,(H,21,22). The molecule has 0 amide bonds. The van der Waals surface area contributed by atoms with Gasteiger partial charge in [-0.2, -0.15) is 0 Å². The molecule has 0 saturated carbocycles. The van der Waals surface area contributed by atoms with E-state index in [1.54, 1.807) is 30.5 Å². The quantitative estimate of drug-likeness (QED) is 0.559. The first-order valence-corrected chi connectivity index (χ1v) is 10.4. The first-order chi connectivity index (χ1) is 13.0. The molecule has 0 bridgehead atoms. The van der Waals surface area contributed by atoms with Gasteiger partial charge in [0, 0.05) is 35.4 Å². The minimum atomic E-state index is -3.57. The molecule has 2 N–H and O–H groups in total. The van der Waals surface area contributed by atoms with Crippen LogP contribution in [0.3, 0.4) is 0 Å². The number of hydrogen-bond acceptors (Lipinski definition) is 5. The number of rotatable bonds is 8. The number of hydrogen-bond donors (Lipinski definition) is 2. The van der Waals surface area contributed by atoms with Crippen LogP contribution in [0.4, 0.5) is 5.69 Å². The van der Waals surface area contributed by atoms with Crippen molar-refractivity contribution in [2.75, 3.05) is 25.0 Å². The number of fused-ring (bicyclic) bond motifs is 1. The summed E-state index contributed by atoms with van der Waals surface area (Å²) in [5.41, 5.74) is 1.65. The number of sulfonamides is 1. The van der Waals surface area contributed by atoms with Crippen molar-refractivity contribution in [3.05, 3.63) is 59.8 Å². The van der Waals surface area contributed by atoms with Crippen LogP contribution >= 0.6 is 11.6 Å². The topological polar surface area (TPSA) is 80.3 Å². The molecule has 0 fully saturated rings. The summed E-state index contributed by atoms with van der Waals surface area (Å²) < 4.78 is 32.6. The molecule has 2 aromatic carbocycles. The molecule has 3 aromatic rings. The Morgan fingerprint density at radius 3 is 2.59 bits per heavy atom. The van der Waals surface area contributed by atoms with Crippen LogP contribution in [0, 0.1) is 0 Å². The van der Waals surface area contributed by atoms with Gasteiger partial charge in [-0.15, -0.1) is 0 Å². The van der Waals surface area contributed by atoms with Gasteiger partial charge in [0.25, 0.3) is 0 Å². The third-order valence-corrected chi connectivity index (χ3v) is 5.59. The van der Waals surface area contributed by atoms with Crippen molar-refractivity contribution >= 4 is 38.2 Å². The van der Waals surface area contributed by atoms with Crippen LogP contribution in [0.1, 0.15) is 6.92 Å². The summed E-state index contributed by atoms with van der Waals surface area (Å²) in [4.78, 5) is 4.49. The van der Waals surface area contributed by atoms with E-state index in [1.807, 2.05) is 19.1 Å². The van der Waals surface area contributed by atoms with Crippen molar-refractivity contribution in [3.8, 4) is 5.75 Å². The van der Waals surface area contributed by atoms with Gasteiger partial charge in [-0.25, -0.2) is 13.1 Å². The molecular formula is C19H20ClN3O3S. The lowest BCUT2D eigenvalue weighted by molar-refractivity contribution is 0.340. The van der Waals surface area contributed by atoms with Gasteiger partial charge in [-0.1, -0.05) is 11.6 Å². The second kappa shape index (κ2) is 8.56. The molecule has 0 aliphatic heterocycles. The Bertz CT molecular complexity index is 1020. The summed E-state index contributed by atoms with van der Waals surface area (Å²) in [6.45, 7) is 3.08. The Balaban J connectivity index is 1.59. The molecule has 142 valence electrons. The highest BCUT2D eigenvalue weighted by molar-refractivity contribution is 7.89. The Morgan fingerprint density at radius 1 is 1.07 bits per heavy atom. The number of anilines is 1. The SMILES string of the molecule is CCOc1ccc(S(=O)(=O)NCCNc2ccnc3cc(Cl)ccc23)cc1. The summed E-state index contributed by atoms with van der Waals surface area (Å²) in [5, 5.41) is 4.77. The van der Waals surface area contributed by atoms with Crippen LogP contribution < -0.4 is 14.8 Å². The second-order valence-corrected chi connectivity index (χ2v) is 7.95. The number of nitrogens with one attached hydrogen (secondary N) is 2. The molecule has 8 heteroatoms. The fourth-order valence-electron chi connectivity index (χ4n) is 2.62. The monoisotopic (exact) mass is 405 g/mol. The zero-order valence-electron chi connectivity index (χ0n) is 14.8. The molecule has 0 atom stereocenters. The maximum absolute atomic E-state index is 12.4. The first-order valence-electron chi connectivity index (χ1n) is 8.50. The molecule has 0 spiro atoms. The lowest BCUT2D eigenvalue weighted by Gasteiger charge is -2.11. The summed E-state index contributed by atoms with van der Waals surface area (Å²) in [7, 11) is -3.57. The van der Waals surface area contributed by atoms with Gasteiger partial charge in [0.05, 0.1) is 17.0 Å². The van der Waals surface area contributed by atoms with Crippen LogP contribution in [0.25, 0.3) is 10.9 Å². The van der Waals surface area contributed by atoms with Crippen molar-refractivity contribution in [2.24, 2.45) is 0 Å². The van der Waals surface area contributed by atoms with E-state index < -0.39 is 10.0 Å². The normalized spacial score (nSPS) is 11.5. The predicted molar refractivity (Wildman–Crippen MR) is 108 cm³/mol. The average molecular weight is 406 g/mol. The van der Waals surface area contributed by atoms with Crippen LogP contribution in [0.2, 0.25) is 5.02 Å². The van der Waals surface area contributed by atoms with Gasteiger partial charge >= 0.3 is 0 Å². The Labute approximate surface area is 163 Å². The molecule has 1 heterocycles. The number of aromatic nitrogens is 1. The fraction of sp³-hybridized carbons (Fsp3) is 0.211. The maximum atomic E-state index is 12.4. The summed E-state index contributed by atoms with van der Waals surface area (Å²) in [6, 6.07) is 13.7. The minimum absolute atomic E-state index is 0.204. The summed E-state index contributed by atoms with van der Waals surface area (Å²) in [6.07, 6.45) is 1.69. The summed E-state index contributed by atoms with van der Waals surface area (Å²) >= 11 is 5.99. The maximum Gasteiger partial charge on any atom is 0.240 e. The summed E-state index contributed by atoms with van der Waals surface area (Å²) in [5.74, 6) is 0.641. The molecule has 0 radical (unpaired) electrons. The number of halogens is 1. The Hall–Kier alpha value is -2.35. The van der Waals surface area contributed by atoms with Gasteiger partial charge in [0.1, 0.15) is 5.75 Å². The smallest absolute Gasteiger partial charge is 0.240 e. The van der Waals surface area contributed by atoms with Crippen molar-refractivity contribution < 1.29 is 13.2 Å². The van der Waals surface area contributed by atoms with Gasteiger partial charge in [-0.05, 0) is 55.5 Å². The van der Waals surface area contributed by atoms with Gasteiger partial charge < -0.3 is 10.1 Å². The van der Waals surface area contributed by atoms with Crippen LogP contribution in [-0.2, 0) is 10.0 Å². The van der Waals surface area contributed by atoms with E-state index in [4.69, 9.17) is 16.3 Å². The molecule has 3 rings (SSSR count). The lowest BCUT2D eigenvalue weighted by Crippen LogP contribution is -2.28. The molecule has 1 aromatic heterocycles. The van der Waals surface area contributed by atoms with Crippen molar-refractivity contribution in [1.29, 1.82) is 0 Å². The molecule has 0 unspecified atom stereocenters. The Morgan fingerprint density at radius 2 is 1.85 bits per heavy atom. The molecule has 0 saturated heterocycles. The van der Waals surface area contributed by atoms with E-state index in [9.17, 15) is 8.42 Å². The van der Waals surface area contributed by atoms with Crippen LogP contribution in [0.5, 0.6) is 5.75 Å². The van der Waals surface area contributed by atoms with Gasteiger partial charge in [0.2, 0.25) is 10.0 Å². The highest BCUT2D eigenvalue weighted by atomic mass is 35.5. The van der Waals surface area contributed by atoms with Crippen molar-refractivity contribution in [1.82, 2.24) is 9.71 Å². The first kappa shape index (κ1) is 19.4. The van der Waals surface area contributed by atoms with Gasteiger partial charge in [0.15, 0.2) is 0 Å². The van der Waals surface area contributed by atoms with Crippen molar-refractivity contribution in [3.63, 3.8) is 0 Å². The van der Waals surface area contributed by atoms with E-state index in [2.05, 4.69) is 15.0 Å². The molecular weight excluding hydrogens is 386 g/mol. The highest BCUT2D eigenvalue weighted by Gasteiger charge is 2.13. The highest BCUT2D eigenvalue weighted by Crippen LogP contribution is 2.24. The lowest BCUT2D eigenvalue weighted by atomic mass is 10.2. The molecule has 0 aliphatic rings. The molecule has 27 heavy (non-hydrogen) atoms. The van der Waals surface area contributed by atoms with E-state index in [1.165, 1.54) is 12.1 Å². The van der Waals surface area contributed by atoms with Crippen molar-refractivity contribution in [2.45, 2.75) is 11.8 Å². The number of benzene rings is 2. The zero-order valence-corrected chi connectivity index (χ0v) is 16.3. The largest absolute Gasteiger partial charge is 0.494 e. The van der Waals surface area contributed by atoms with Crippen LogP contribution in [-0.4, -0.2) is 33.1 Å². The predicted octanol–water partition coefficient (Wildman–Crippen LogP) is 3.68. The number of ether oxygens (including phenoxy) is 1. The van der Waals surface area contributed by atoms with E-state index >= 15 is 0 Å². The van der Waals surface area contributed by atoms with Gasteiger partial charge in [-0.3, -0.25) is 4.98 Å². The van der Waals surface area contributed by atoms with Crippen LogP contribution in [0.15, 0.2) is 59.6 Å². The second-order valence-electron chi connectivity index (χ2n) is 5.75. The number of pyridine rings is 1. The Kier molecular flexibility index (Phi) is 6.15. The average Bonchev–Trinajstić information content (AvgIpc) is 2.66. The minimum Gasteiger partial charge on any atom is -0.494 e. The third-order valence-electron chi connectivity index (χ3n) is 3.88. The van der Waals surface area contributed by atoms with E-state index in [-0.39, 0.29) is 11.4 Å². The molecule has 6 nitrogen and oxygen atoms in total. The number of nitrogens with zero attached hydrogens (tertiary/aromatic N) is 1. The third kappa shape index (κ3) is 4.88. The van der Waals surface area contributed by atoms with E-state index in [0.717, 1.165) is 16.6 Å².